The van der Waals surface area contributed by atoms with Gasteiger partial charge in [-0.05, 0) is 33.1 Å². The van der Waals surface area contributed by atoms with Crippen LogP contribution < -0.4 is 0 Å². The number of carbonyl (C=O) groups is 1. The number of carbonyl (C=O) groups excluding carboxylic acids is 1. The predicted molar refractivity (Wildman–Crippen MR) is 62.1 cm³/mol. The lowest BCUT2D eigenvalue weighted by molar-refractivity contribution is -0.481. The van der Waals surface area contributed by atoms with Gasteiger partial charge in [-0.3, -0.25) is 14.9 Å². The fraction of sp³-hybridized carbons (Fsp3) is 0.909. The number of aliphatic hydroxyl groups excluding tert-OH is 1. The summed E-state index contributed by atoms with van der Waals surface area (Å²) in [6, 6.07) is 0. The van der Waals surface area contributed by atoms with Gasteiger partial charge >= 0.3 is 5.97 Å². The molecule has 17 heavy (non-hydrogen) atoms. The van der Waals surface area contributed by atoms with Crippen molar-refractivity contribution in [1.82, 2.24) is 0 Å². The molecule has 0 aliphatic rings. The van der Waals surface area contributed by atoms with Gasteiger partial charge in [-0.2, -0.15) is 0 Å². The highest BCUT2D eigenvalue weighted by Gasteiger charge is 2.18. The number of nitro groups is 1. The number of ether oxygens (including phenoxy) is 1. The second-order valence-electron chi connectivity index (χ2n) is 5.02. The molecule has 0 bridgehead atoms. The van der Waals surface area contributed by atoms with Gasteiger partial charge in [0.1, 0.15) is 5.60 Å². The van der Waals surface area contributed by atoms with Crippen LogP contribution in [0.2, 0.25) is 0 Å². The van der Waals surface area contributed by atoms with Gasteiger partial charge in [0.15, 0.2) is 0 Å². The van der Waals surface area contributed by atoms with Crippen LogP contribution in [-0.4, -0.2) is 34.8 Å². The first-order valence-electron chi connectivity index (χ1n) is 5.69. The van der Waals surface area contributed by atoms with Gasteiger partial charge in [0.2, 0.25) is 6.54 Å². The topological polar surface area (TPSA) is 89.7 Å². The van der Waals surface area contributed by atoms with E-state index >= 15 is 0 Å². The molecular formula is C11H21NO5. The van der Waals surface area contributed by atoms with Crippen molar-refractivity contribution in [3.63, 3.8) is 0 Å². The molecule has 100 valence electrons. The van der Waals surface area contributed by atoms with Crippen LogP contribution in [-0.2, 0) is 9.53 Å². The Morgan fingerprint density at radius 2 is 2.00 bits per heavy atom. The Labute approximate surface area is 101 Å². The molecule has 0 aromatic heterocycles. The van der Waals surface area contributed by atoms with Crippen molar-refractivity contribution in [3.05, 3.63) is 10.1 Å². The molecule has 0 aromatic rings. The van der Waals surface area contributed by atoms with Crippen LogP contribution in [0.1, 0.15) is 40.0 Å². The van der Waals surface area contributed by atoms with E-state index in [0.717, 1.165) is 0 Å². The van der Waals surface area contributed by atoms with E-state index in [1.165, 1.54) is 0 Å². The molecule has 0 fully saturated rings. The lowest BCUT2D eigenvalue weighted by Gasteiger charge is -2.20. The fourth-order valence-electron chi connectivity index (χ4n) is 1.33. The first-order chi connectivity index (χ1) is 7.74. The SMILES string of the molecule is CC(C)(C)OC(=O)CCC(CO)CC[N+](=O)[O-]. The van der Waals surface area contributed by atoms with Crippen LogP contribution in [0.15, 0.2) is 0 Å². The molecule has 1 unspecified atom stereocenters. The molecule has 6 heteroatoms. The second kappa shape index (κ2) is 7.21. The quantitative estimate of drug-likeness (QED) is 0.417. The van der Waals surface area contributed by atoms with Gasteiger partial charge in [-0.25, -0.2) is 0 Å². The molecule has 6 nitrogen and oxygen atoms in total. The molecule has 0 radical (unpaired) electrons. The van der Waals surface area contributed by atoms with Crippen molar-refractivity contribution in [2.75, 3.05) is 13.2 Å². The smallest absolute Gasteiger partial charge is 0.306 e. The van der Waals surface area contributed by atoms with Gasteiger partial charge in [0.25, 0.3) is 0 Å². The van der Waals surface area contributed by atoms with E-state index in [0.29, 0.717) is 6.42 Å². The molecule has 0 spiro atoms. The Hall–Kier alpha value is -1.17. The molecule has 1 N–H and O–H groups in total. The first-order valence-corrected chi connectivity index (χ1v) is 5.69. The number of hydrogen-bond acceptors (Lipinski definition) is 5. The van der Waals surface area contributed by atoms with Gasteiger partial charge in [-0.15, -0.1) is 0 Å². The molecule has 1 atom stereocenters. The molecule has 0 saturated carbocycles. The lowest BCUT2D eigenvalue weighted by Crippen LogP contribution is -2.24. The average Bonchev–Trinajstić information content (AvgIpc) is 2.14. The summed E-state index contributed by atoms with van der Waals surface area (Å²) in [5.41, 5.74) is -0.521. The Balaban J connectivity index is 3.90. The summed E-state index contributed by atoms with van der Waals surface area (Å²) < 4.78 is 5.10. The Kier molecular flexibility index (Phi) is 6.72. The highest BCUT2D eigenvalue weighted by molar-refractivity contribution is 5.69. The maximum absolute atomic E-state index is 11.4. The zero-order valence-electron chi connectivity index (χ0n) is 10.6. The van der Waals surface area contributed by atoms with E-state index in [1.807, 2.05) is 0 Å². The number of rotatable bonds is 7. The second-order valence-corrected chi connectivity index (χ2v) is 5.02. The van der Waals surface area contributed by atoms with Gasteiger partial charge < -0.3 is 9.84 Å². The minimum atomic E-state index is -0.521. The van der Waals surface area contributed by atoms with E-state index < -0.39 is 10.5 Å². The van der Waals surface area contributed by atoms with Crippen molar-refractivity contribution >= 4 is 5.97 Å². The Morgan fingerprint density at radius 3 is 2.41 bits per heavy atom. The standard InChI is InChI=1S/C11H21NO5/c1-11(2,3)17-10(14)5-4-9(8-13)6-7-12(15)16/h9,13H,4-8H2,1-3H3. The highest BCUT2D eigenvalue weighted by Crippen LogP contribution is 2.14. The monoisotopic (exact) mass is 247 g/mol. The normalized spacial score (nSPS) is 13.2. The van der Waals surface area contributed by atoms with E-state index in [1.54, 1.807) is 20.8 Å². The highest BCUT2D eigenvalue weighted by atomic mass is 16.6. The van der Waals surface area contributed by atoms with Gasteiger partial charge in [0.05, 0.1) is 0 Å². The van der Waals surface area contributed by atoms with E-state index in [-0.39, 0.29) is 37.9 Å². The molecule has 0 amide bonds. The van der Waals surface area contributed by atoms with Crippen LogP contribution in [0.5, 0.6) is 0 Å². The van der Waals surface area contributed by atoms with Crippen molar-refractivity contribution < 1.29 is 19.6 Å². The maximum atomic E-state index is 11.4. The molecular weight excluding hydrogens is 226 g/mol. The zero-order chi connectivity index (χ0) is 13.5. The largest absolute Gasteiger partial charge is 0.460 e. The number of hydrogen-bond donors (Lipinski definition) is 1. The van der Waals surface area contributed by atoms with Crippen molar-refractivity contribution in [3.8, 4) is 0 Å². The molecule has 0 aliphatic heterocycles. The maximum Gasteiger partial charge on any atom is 0.306 e. The van der Waals surface area contributed by atoms with E-state index in [4.69, 9.17) is 9.84 Å². The van der Waals surface area contributed by atoms with Crippen LogP contribution in [0.3, 0.4) is 0 Å². The number of nitrogens with zero attached hydrogens (tertiary/aromatic N) is 1. The molecule has 0 aliphatic carbocycles. The van der Waals surface area contributed by atoms with E-state index in [9.17, 15) is 14.9 Å². The van der Waals surface area contributed by atoms with Crippen LogP contribution in [0.25, 0.3) is 0 Å². The third-order valence-electron chi connectivity index (χ3n) is 2.15. The Morgan fingerprint density at radius 1 is 1.41 bits per heavy atom. The predicted octanol–water partition coefficient (Wildman–Crippen LogP) is 1.38. The van der Waals surface area contributed by atoms with Crippen molar-refractivity contribution in [2.24, 2.45) is 5.92 Å². The van der Waals surface area contributed by atoms with E-state index in [2.05, 4.69) is 0 Å². The third kappa shape index (κ3) is 9.74. The summed E-state index contributed by atoms with van der Waals surface area (Å²) in [5, 5.41) is 19.2. The summed E-state index contributed by atoms with van der Waals surface area (Å²) in [4.78, 5) is 21.1. The summed E-state index contributed by atoms with van der Waals surface area (Å²) in [6.45, 7) is 5.01. The minimum absolute atomic E-state index is 0.142. The third-order valence-corrected chi connectivity index (χ3v) is 2.15. The van der Waals surface area contributed by atoms with Crippen molar-refractivity contribution in [1.29, 1.82) is 0 Å². The summed E-state index contributed by atoms with van der Waals surface area (Å²) in [7, 11) is 0. The summed E-state index contributed by atoms with van der Waals surface area (Å²) in [6.07, 6.45) is 0.881. The number of aliphatic hydroxyl groups is 1. The number of esters is 1. The molecule has 0 rings (SSSR count). The van der Waals surface area contributed by atoms with Crippen LogP contribution >= 0.6 is 0 Å². The summed E-state index contributed by atoms with van der Waals surface area (Å²) in [5.74, 6) is -0.551. The average molecular weight is 247 g/mol. The van der Waals surface area contributed by atoms with Gasteiger partial charge in [0, 0.05) is 24.4 Å². The molecule has 0 aromatic carbocycles. The van der Waals surface area contributed by atoms with Gasteiger partial charge in [-0.1, -0.05) is 0 Å². The Bertz CT molecular complexity index is 259. The van der Waals surface area contributed by atoms with Crippen LogP contribution in [0.4, 0.5) is 0 Å². The van der Waals surface area contributed by atoms with Crippen molar-refractivity contribution in [2.45, 2.75) is 45.6 Å². The molecule has 0 heterocycles. The lowest BCUT2D eigenvalue weighted by atomic mass is 10.0. The zero-order valence-corrected chi connectivity index (χ0v) is 10.6. The van der Waals surface area contributed by atoms with Crippen LogP contribution in [0, 0.1) is 16.0 Å². The molecule has 0 saturated heterocycles. The minimum Gasteiger partial charge on any atom is -0.460 e. The fourth-order valence-corrected chi connectivity index (χ4v) is 1.33. The summed E-state index contributed by atoms with van der Waals surface area (Å²) >= 11 is 0. The first kappa shape index (κ1) is 15.8.